The highest BCUT2D eigenvalue weighted by Gasteiger charge is 2.12. The molecule has 17 heavy (non-hydrogen) atoms. The largest absolute Gasteiger partial charge is 0.396 e. The van der Waals surface area contributed by atoms with Crippen LogP contribution in [0.3, 0.4) is 0 Å². The van der Waals surface area contributed by atoms with Crippen molar-refractivity contribution in [3.05, 3.63) is 35.4 Å². The van der Waals surface area contributed by atoms with Crippen molar-refractivity contribution >= 4 is 0 Å². The first kappa shape index (κ1) is 14.2. The van der Waals surface area contributed by atoms with Gasteiger partial charge in [-0.25, -0.2) is 0 Å². The highest BCUT2D eigenvalue weighted by Crippen LogP contribution is 2.22. The Balaban J connectivity index is 2.51. The summed E-state index contributed by atoms with van der Waals surface area (Å²) in [6.07, 6.45) is 0.806. The van der Waals surface area contributed by atoms with E-state index in [9.17, 15) is 0 Å². The summed E-state index contributed by atoms with van der Waals surface area (Å²) in [5.41, 5.74) is 2.88. The van der Waals surface area contributed by atoms with E-state index in [-0.39, 0.29) is 12.0 Å². The van der Waals surface area contributed by atoms with Crippen LogP contribution in [-0.2, 0) is 12.0 Å². The van der Waals surface area contributed by atoms with Crippen LogP contribution in [0.5, 0.6) is 0 Å². The summed E-state index contributed by atoms with van der Waals surface area (Å²) in [4.78, 5) is 0. The molecule has 0 amide bonds. The molecule has 0 saturated heterocycles. The molecule has 2 nitrogen and oxygen atoms in total. The van der Waals surface area contributed by atoms with Crippen LogP contribution in [0.1, 0.15) is 45.2 Å². The zero-order chi connectivity index (χ0) is 12.9. The lowest BCUT2D eigenvalue weighted by Crippen LogP contribution is -2.26. The van der Waals surface area contributed by atoms with Gasteiger partial charge in [0.05, 0.1) is 0 Å². The Labute approximate surface area is 105 Å². The molecule has 1 atom stereocenters. The normalized spacial score (nSPS) is 13.7. The summed E-state index contributed by atoms with van der Waals surface area (Å²) in [7, 11) is 0. The predicted octanol–water partition coefficient (Wildman–Crippen LogP) is 2.84. The molecule has 0 aliphatic rings. The van der Waals surface area contributed by atoms with E-state index in [0.717, 1.165) is 13.0 Å². The van der Waals surface area contributed by atoms with Gasteiger partial charge in [0.2, 0.25) is 0 Å². The van der Waals surface area contributed by atoms with Crippen molar-refractivity contribution in [3.8, 4) is 0 Å². The molecule has 1 aromatic carbocycles. The number of rotatable bonds is 5. The zero-order valence-corrected chi connectivity index (χ0v) is 11.5. The Morgan fingerprint density at radius 2 is 1.76 bits per heavy atom. The van der Waals surface area contributed by atoms with Gasteiger partial charge in [0.15, 0.2) is 0 Å². The topological polar surface area (TPSA) is 32.3 Å². The first-order valence-electron chi connectivity index (χ1n) is 6.37. The van der Waals surface area contributed by atoms with E-state index in [4.69, 9.17) is 5.11 Å². The molecule has 0 fully saturated rings. The van der Waals surface area contributed by atoms with Crippen molar-refractivity contribution in [3.63, 3.8) is 0 Å². The van der Waals surface area contributed by atoms with Crippen molar-refractivity contribution in [2.75, 3.05) is 6.61 Å². The van der Waals surface area contributed by atoms with Gasteiger partial charge in [0.1, 0.15) is 0 Å². The van der Waals surface area contributed by atoms with Gasteiger partial charge in [0.25, 0.3) is 0 Å². The van der Waals surface area contributed by atoms with Crippen molar-refractivity contribution in [2.24, 2.45) is 0 Å². The molecule has 96 valence electrons. The summed E-state index contributed by atoms with van der Waals surface area (Å²) in [6, 6.07) is 9.13. The number of aliphatic hydroxyl groups excluding tert-OH is 1. The molecule has 0 radical (unpaired) electrons. The van der Waals surface area contributed by atoms with Gasteiger partial charge < -0.3 is 10.4 Å². The Hall–Kier alpha value is -0.860. The van der Waals surface area contributed by atoms with Crippen LogP contribution in [0.15, 0.2) is 24.3 Å². The molecule has 0 bridgehead atoms. The minimum atomic E-state index is 0.218. The third kappa shape index (κ3) is 4.88. The average molecular weight is 235 g/mol. The minimum absolute atomic E-state index is 0.218. The lowest BCUT2D eigenvalue weighted by Gasteiger charge is -2.19. The Bertz CT molecular complexity index is 324. The van der Waals surface area contributed by atoms with Gasteiger partial charge >= 0.3 is 0 Å². The maximum Gasteiger partial charge on any atom is 0.0445 e. The summed E-state index contributed by atoms with van der Waals surface area (Å²) < 4.78 is 0. The smallest absolute Gasteiger partial charge is 0.0445 e. The molecular weight excluding hydrogens is 210 g/mol. The van der Waals surface area contributed by atoms with Crippen LogP contribution >= 0.6 is 0 Å². The first-order chi connectivity index (χ1) is 7.93. The number of nitrogens with one attached hydrogen (secondary N) is 1. The third-order valence-electron chi connectivity index (χ3n) is 3.04. The van der Waals surface area contributed by atoms with Gasteiger partial charge in [-0.1, -0.05) is 45.0 Å². The quantitative estimate of drug-likeness (QED) is 0.822. The van der Waals surface area contributed by atoms with Crippen molar-refractivity contribution in [1.82, 2.24) is 5.32 Å². The highest BCUT2D eigenvalue weighted by molar-refractivity contribution is 5.27. The van der Waals surface area contributed by atoms with Gasteiger partial charge in [-0.15, -0.1) is 0 Å². The van der Waals surface area contributed by atoms with Gasteiger partial charge in [-0.3, -0.25) is 0 Å². The monoisotopic (exact) mass is 235 g/mol. The predicted molar refractivity (Wildman–Crippen MR) is 73.1 cm³/mol. The molecule has 1 rings (SSSR count). The first-order valence-corrected chi connectivity index (χ1v) is 6.37. The summed E-state index contributed by atoms with van der Waals surface area (Å²) >= 11 is 0. The fourth-order valence-corrected chi connectivity index (χ4v) is 1.71. The second kappa shape index (κ2) is 6.18. The Morgan fingerprint density at radius 1 is 1.18 bits per heavy atom. The standard InChI is InChI=1S/C15H25NO/c1-12(9-10-17)16-11-13-5-7-14(8-6-13)15(2,3)4/h5-8,12,16-17H,9-11H2,1-4H3. The number of hydrogen-bond donors (Lipinski definition) is 2. The third-order valence-corrected chi connectivity index (χ3v) is 3.04. The zero-order valence-electron chi connectivity index (χ0n) is 11.5. The van der Waals surface area contributed by atoms with E-state index in [1.807, 2.05) is 0 Å². The molecule has 0 spiro atoms. The molecule has 0 heterocycles. The maximum absolute atomic E-state index is 8.82. The van der Waals surface area contributed by atoms with Crippen molar-refractivity contribution in [1.29, 1.82) is 0 Å². The fraction of sp³-hybridized carbons (Fsp3) is 0.600. The van der Waals surface area contributed by atoms with Crippen LogP contribution in [-0.4, -0.2) is 17.8 Å². The highest BCUT2D eigenvalue weighted by atomic mass is 16.3. The van der Waals surface area contributed by atoms with Crippen LogP contribution in [0, 0.1) is 0 Å². The van der Waals surface area contributed by atoms with E-state index in [2.05, 4.69) is 57.3 Å². The van der Waals surface area contributed by atoms with Crippen molar-refractivity contribution in [2.45, 2.75) is 52.1 Å². The molecule has 0 aromatic heterocycles. The molecular formula is C15H25NO. The van der Waals surface area contributed by atoms with E-state index < -0.39 is 0 Å². The van der Waals surface area contributed by atoms with E-state index in [1.165, 1.54) is 11.1 Å². The van der Waals surface area contributed by atoms with Gasteiger partial charge in [-0.2, -0.15) is 0 Å². The van der Waals surface area contributed by atoms with E-state index in [1.54, 1.807) is 0 Å². The molecule has 1 aromatic rings. The second-order valence-corrected chi connectivity index (χ2v) is 5.74. The minimum Gasteiger partial charge on any atom is -0.396 e. The van der Waals surface area contributed by atoms with Gasteiger partial charge in [-0.05, 0) is 29.9 Å². The molecule has 2 N–H and O–H groups in total. The number of hydrogen-bond acceptors (Lipinski definition) is 2. The lowest BCUT2D eigenvalue weighted by molar-refractivity contribution is 0.268. The molecule has 0 aliphatic carbocycles. The summed E-state index contributed by atoms with van der Waals surface area (Å²) in [5.74, 6) is 0. The van der Waals surface area contributed by atoms with E-state index >= 15 is 0 Å². The molecule has 0 saturated carbocycles. The number of benzene rings is 1. The SMILES string of the molecule is CC(CCO)NCc1ccc(C(C)(C)C)cc1. The van der Waals surface area contributed by atoms with Gasteiger partial charge in [0, 0.05) is 19.2 Å². The fourth-order valence-electron chi connectivity index (χ4n) is 1.71. The molecule has 1 unspecified atom stereocenters. The second-order valence-electron chi connectivity index (χ2n) is 5.74. The van der Waals surface area contributed by atoms with Crippen LogP contribution in [0.25, 0.3) is 0 Å². The Morgan fingerprint density at radius 3 is 2.24 bits per heavy atom. The number of aliphatic hydroxyl groups is 1. The van der Waals surface area contributed by atoms with Crippen LogP contribution < -0.4 is 5.32 Å². The summed E-state index contributed by atoms with van der Waals surface area (Å²) in [5, 5.41) is 12.2. The Kier molecular flexibility index (Phi) is 5.16. The van der Waals surface area contributed by atoms with Crippen LogP contribution in [0.2, 0.25) is 0 Å². The lowest BCUT2D eigenvalue weighted by atomic mass is 9.87. The summed E-state index contributed by atoms with van der Waals surface area (Å²) in [6.45, 7) is 9.89. The van der Waals surface area contributed by atoms with Crippen molar-refractivity contribution < 1.29 is 5.11 Å². The van der Waals surface area contributed by atoms with Crippen LogP contribution in [0.4, 0.5) is 0 Å². The maximum atomic E-state index is 8.82. The molecule has 2 heteroatoms. The average Bonchev–Trinajstić information content (AvgIpc) is 2.26. The van der Waals surface area contributed by atoms with E-state index in [0.29, 0.717) is 6.04 Å². The molecule has 0 aliphatic heterocycles.